The Morgan fingerprint density at radius 3 is 2.52 bits per heavy atom. The molecule has 0 aliphatic heterocycles. The third kappa shape index (κ3) is 5.05. The van der Waals surface area contributed by atoms with Gasteiger partial charge in [0.2, 0.25) is 5.89 Å². The lowest BCUT2D eigenvalue weighted by atomic mass is 10.2. The molecule has 0 spiro atoms. The number of anilines is 1. The molecule has 0 bridgehead atoms. The number of aromatic nitrogens is 2. The molecule has 8 nitrogen and oxygen atoms in total. The first-order valence-corrected chi connectivity index (χ1v) is 11.6. The van der Waals surface area contributed by atoms with Gasteiger partial charge < -0.3 is 9.15 Å². The van der Waals surface area contributed by atoms with Crippen molar-refractivity contribution in [1.29, 1.82) is 0 Å². The van der Waals surface area contributed by atoms with Crippen LogP contribution in [0.2, 0.25) is 5.02 Å². The summed E-state index contributed by atoms with van der Waals surface area (Å²) in [5.41, 5.74) is 1.20. The van der Waals surface area contributed by atoms with E-state index in [-0.39, 0.29) is 23.0 Å². The van der Waals surface area contributed by atoms with Gasteiger partial charge in [-0.2, -0.15) is 0 Å². The molecule has 0 aliphatic carbocycles. The molecule has 0 unspecified atom stereocenters. The van der Waals surface area contributed by atoms with Gasteiger partial charge in [0.15, 0.2) is 6.61 Å². The van der Waals surface area contributed by atoms with Gasteiger partial charge in [0.25, 0.3) is 15.9 Å². The molecule has 10 heteroatoms. The molecular weight excluding hydrogens is 466 g/mol. The molecule has 4 aromatic rings. The Labute approximate surface area is 195 Å². The topological polar surface area (TPSA) is 103 Å². The van der Waals surface area contributed by atoms with Crippen molar-refractivity contribution in [3.63, 3.8) is 0 Å². The summed E-state index contributed by atoms with van der Waals surface area (Å²) in [4.78, 5) is 12.5. The monoisotopic (exact) mass is 483 g/mol. The fourth-order valence-electron chi connectivity index (χ4n) is 2.97. The standard InChI is InChI=1S/C23H18ClN3O5S/c1-27(19-11-6-10-18(24)14-19)33(29,30)20-12-5-9-17(13-20)23(28)31-15-21-25-26-22(32-21)16-7-3-2-4-8-16/h2-14H,15H2,1H3. The van der Waals surface area contributed by atoms with Crippen molar-refractivity contribution in [2.24, 2.45) is 0 Å². The summed E-state index contributed by atoms with van der Waals surface area (Å²) in [5.74, 6) is -0.303. The average molecular weight is 484 g/mol. The van der Waals surface area contributed by atoms with Crippen molar-refractivity contribution in [2.75, 3.05) is 11.4 Å². The van der Waals surface area contributed by atoms with Gasteiger partial charge in [0.05, 0.1) is 16.1 Å². The summed E-state index contributed by atoms with van der Waals surface area (Å²) in [6.45, 7) is -0.252. The van der Waals surface area contributed by atoms with E-state index in [0.717, 1.165) is 9.87 Å². The van der Waals surface area contributed by atoms with Gasteiger partial charge in [0, 0.05) is 17.6 Å². The molecular formula is C23H18ClN3O5S. The first kappa shape index (κ1) is 22.5. The molecule has 168 valence electrons. The van der Waals surface area contributed by atoms with E-state index in [9.17, 15) is 13.2 Å². The molecule has 4 rings (SSSR count). The van der Waals surface area contributed by atoms with Crippen LogP contribution in [0.3, 0.4) is 0 Å². The molecule has 0 aliphatic rings. The Bertz CT molecular complexity index is 1390. The predicted molar refractivity (Wildman–Crippen MR) is 122 cm³/mol. The summed E-state index contributed by atoms with van der Waals surface area (Å²) in [6.07, 6.45) is 0. The van der Waals surface area contributed by atoms with Crippen LogP contribution in [0.5, 0.6) is 0 Å². The van der Waals surface area contributed by atoms with Crippen molar-refractivity contribution >= 4 is 33.3 Å². The first-order valence-electron chi connectivity index (χ1n) is 9.74. The quantitative estimate of drug-likeness (QED) is 0.354. The van der Waals surface area contributed by atoms with Gasteiger partial charge in [-0.3, -0.25) is 4.31 Å². The molecule has 3 aromatic carbocycles. The lowest BCUT2D eigenvalue weighted by molar-refractivity contribution is 0.0438. The van der Waals surface area contributed by atoms with E-state index in [1.807, 2.05) is 30.3 Å². The average Bonchev–Trinajstić information content (AvgIpc) is 3.32. The second-order valence-electron chi connectivity index (χ2n) is 6.92. The minimum atomic E-state index is -3.93. The summed E-state index contributed by atoms with van der Waals surface area (Å²) in [6, 6.07) is 21.2. The van der Waals surface area contributed by atoms with Crippen LogP contribution in [0, 0.1) is 0 Å². The molecule has 0 amide bonds. The molecule has 1 aromatic heterocycles. The zero-order valence-electron chi connectivity index (χ0n) is 17.4. The molecule has 0 saturated carbocycles. The Morgan fingerprint density at radius 2 is 1.76 bits per heavy atom. The molecule has 1 heterocycles. The fourth-order valence-corrected chi connectivity index (χ4v) is 4.39. The van der Waals surface area contributed by atoms with Crippen LogP contribution in [0.1, 0.15) is 16.2 Å². The zero-order chi connectivity index (χ0) is 23.4. The molecule has 0 saturated heterocycles. The number of carbonyl (C=O) groups is 1. The highest BCUT2D eigenvalue weighted by atomic mass is 35.5. The van der Waals surface area contributed by atoms with Gasteiger partial charge in [0.1, 0.15) is 0 Å². The van der Waals surface area contributed by atoms with Crippen LogP contribution >= 0.6 is 11.6 Å². The second kappa shape index (κ2) is 9.43. The summed E-state index contributed by atoms with van der Waals surface area (Å²) in [7, 11) is -2.52. The van der Waals surface area contributed by atoms with E-state index >= 15 is 0 Å². The number of hydrogen-bond donors (Lipinski definition) is 0. The van der Waals surface area contributed by atoms with Crippen LogP contribution in [-0.4, -0.2) is 31.6 Å². The highest BCUT2D eigenvalue weighted by Gasteiger charge is 2.23. The summed E-state index contributed by atoms with van der Waals surface area (Å²) >= 11 is 5.97. The second-order valence-corrected chi connectivity index (χ2v) is 9.33. The zero-order valence-corrected chi connectivity index (χ0v) is 19.0. The number of halogens is 1. The van der Waals surface area contributed by atoms with Crippen molar-refractivity contribution in [3.05, 3.63) is 95.3 Å². The Balaban J connectivity index is 1.47. The van der Waals surface area contributed by atoms with Crippen molar-refractivity contribution < 1.29 is 22.4 Å². The maximum Gasteiger partial charge on any atom is 0.338 e. The predicted octanol–water partition coefficient (Wildman–Crippen LogP) is 4.57. The van der Waals surface area contributed by atoms with Gasteiger partial charge in [-0.05, 0) is 48.5 Å². The summed E-state index contributed by atoms with van der Waals surface area (Å²) in [5, 5.41) is 8.21. The molecule has 0 atom stereocenters. The number of rotatable bonds is 7. The number of hydrogen-bond acceptors (Lipinski definition) is 7. The SMILES string of the molecule is CN(c1cccc(Cl)c1)S(=O)(=O)c1cccc(C(=O)OCc2nnc(-c3ccccc3)o2)c1. The number of nitrogens with zero attached hydrogens (tertiary/aromatic N) is 3. The maximum absolute atomic E-state index is 13.0. The van der Waals surface area contributed by atoms with Gasteiger partial charge in [-0.15, -0.1) is 10.2 Å². The highest BCUT2D eigenvalue weighted by molar-refractivity contribution is 7.92. The lowest BCUT2D eigenvalue weighted by Crippen LogP contribution is -2.26. The number of carbonyl (C=O) groups excluding carboxylic acids is 1. The minimum absolute atomic E-state index is 0.0661. The smallest absolute Gasteiger partial charge is 0.338 e. The Kier molecular flexibility index (Phi) is 6.43. The van der Waals surface area contributed by atoms with E-state index in [1.165, 1.54) is 37.4 Å². The fraction of sp³-hybridized carbons (Fsp3) is 0.0870. The maximum atomic E-state index is 13.0. The molecule has 33 heavy (non-hydrogen) atoms. The van der Waals surface area contributed by atoms with E-state index in [0.29, 0.717) is 16.6 Å². The lowest BCUT2D eigenvalue weighted by Gasteiger charge is -2.20. The van der Waals surface area contributed by atoms with Crippen LogP contribution in [0.25, 0.3) is 11.5 Å². The largest absolute Gasteiger partial charge is 0.452 e. The van der Waals surface area contributed by atoms with Gasteiger partial charge in [-0.25, -0.2) is 13.2 Å². The van der Waals surface area contributed by atoms with Crippen molar-refractivity contribution in [2.45, 2.75) is 11.5 Å². The van der Waals surface area contributed by atoms with E-state index in [4.69, 9.17) is 20.8 Å². The Hall–Kier alpha value is -3.69. The van der Waals surface area contributed by atoms with E-state index < -0.39 is 16.0 Å². The van der Waals surface area contributed by atoms with Crippen molar-refractivity contribution in [1.82, 2.24) is 10.2 Å². The molecule has 0 N–H and O–H groups in total. The van der Waals surface area contributed by atoms with Gasteiger partial charge >= 0.3 is 5.97 Å². The highest BCUT2D eigenvalue weighted by Crippen LogP contribution is 2.25. The third-order valence-electron chi connectivity index (χ3n) is 4.71. The number of esters is 1. The molecule has 0 radical (unpaired) electrons. The van der Waals surface area contributed by atoms with E-state index in [2.05, 4.69) is 10.2 Å². The number of ether oxygens (including phenoxy) is 1. The van der Waals surface area contributed by atoms with Crippen LogP contribution in [0.4, 0.5) is 5.69 Å². The number of sulfonamides is 1. The Morgan fingerprint density at radius 1 is 1.00 bits per heavy atom. The normalized spacial score (nSPS) is 11.2. The van der Waals surface area contributed by atoms with Gasteiger partial charge in [-0.1, -0.05) is 41.9 Å². The molecule has 0 fully saturated rings. The van der Waals surface area contributed by atoms with Crippen LogP contribution in [0.15, 0.2) is 88.2 Å². The van der Waals surface area contributed by atoms with Crippen LogP contribution in [-0.2, 0) is 21.4 Å². The summed E-state index contributed by atoms with van der Waals surface area (Å²) < 4.78 is 37.9. The third-order valence-corrected chi connectivity index (χ3v) is 6.73. The van der Waals surface area contributed by atoms with Crippen molar-refractivity contribution in [3.8, 4) is 11.5 Å². The van der Waals surface area contributed by atoms with Crippen LogP contribution < -0.4 is 4.31 Å². The first-order chi connectivity index (χ1) is 15.8. The van der Waals surface area contributed by atoms with E-state index in [1.54, 1.807) is 18.2 Å². The number of benzene rings is 3. The minimum Gasteiger partial charge on any atom is -0.452 e.